The van der Waals surface area contributed by atoms with Crippen LogP contribution in [0.15, 0.2) is 59.7 Å². The van der Waals surface area contributed by atoms with E-state index in [9.17, 15) is 18.0 Å². The Balaban J connectivity index is 1.49. The molecule has 2 N–H and O–H groups in total. The number of sulfonamides is 1. The van der Waals surface area contributed by atoms with Gasteiger partial charge < -0.3 is 5.32 Å². The molecule has 8 nitrogen and oxygen atoms in total. The predicted octanol–water partition coefficient (Wildman–Crippen LogP) is 2.09. The molecule has 9 heteroatoms. The Hall–Kier alpha value is -3.20. The van der Waals surface area contributed by atoms with E-state index in [1.165, 1.54) is 5.01 Å². The van der Waals surface area contributed by atoms with Gasteiger partial charge in [-0.1, -0.05) is 48.5 Å². The summed E-state index contributed by atoms with van der Waals surface area (Å²) in [7, 11) is -3.42. The van der Waals surface area contributed by atoms with Gasteiger partial charge in [-0.25, -0.2) is 13.4 Å². The Labute approximate surface area is 176 Å². The Morgan fingerprint density at radius 2 is 1.73 bits per heavy atom. The number of anilines is 1. The van der Waals surface area contributed by atoms with Crippen LogP contribution in [-0.2, 0) is 26.2 Å². The van der Waals surface area contributed by atoms with Crippen LogP contribution in [-0.4, -0.2) is 43.8 Å². The molecular formula is C21H24N4O4S. The van der Waals surface area contributed by atoms with Gasteiger partial charge in [-0.3, -0.25) is 14.3 Å². The van der Waals surface area contributed by atoms with Crippen LogP contribution in [0.4, 0.5) is 5.69 Å². The van der Waals surface area contributed by atoms with Crippen LogP contribution in [0.2, 0.25) is 0 Å². The third-order valence-corrected chi connectivity index (χ3v) is 5.14. The fraction of sp³-hybridized carbons (Fsp3) is 0.286. The second kappa shape index (κ2) is 9.53. The van der Waals surface area contributed by atoms with Gasteiger partial charge in [0.05, 0.1) is 24.2 Å². The number of nitrogens with one attached hydrogen (secondary N) is 2. The lowest BCUT2D eigenvalue weighted by atomic mass is 10.1. The molecule has 0 saturated carbocycles. The molecular weight excluding hydrogens is 404 g/mol. The van der Waals surface area contributed by atoms with Crippen LogP contribution in [0.1, 0.15) is 30.4 Å². The number of hydrazone groups is 1. The minimum Gasteiger partial charge on any atom is -0.352 e. The molecule has 0 unspecified atom stereocenters. The predicted molar refractivity (Wildman–Crippen MR) is 115 cm³/mol. The maximum Gasteiger partial charge on any atom is 0.243 e. The van der Waals surface area contributed by atoms with Crippen LogP contribution in [0.5, 0.6) is 0 Å². The molecule has 2 aromatic rings. The van der Waals surface area contributed by atoms with E-state index < -0.39 is 10.0 Å². The smallest absolute Gasteiger partial charge is 0.243 e. The Kier molecular flexibility index (Phi) is 6.83. The third-order valence-electron chi connectivity index (χ3n) is 4.55. The van der Waals surface area contributed by atoms with Crippen LogP contribution in [0.3, 0.4) is 0 Å². The van der Waals surface area contributed by atoms with Gasteiger partial charge in [0.15, 0.2) is 0 Å². The summed E-state index contributed by atoms with van der Waals surface area (Å²) in [5.74, 6) is -0.487. The molecule has 0 radical (unpaired) electrons. The maximum atomic E-state index is 12.4. The van der Waals surface area contributed by atoms with Gasteiger partial charge in [-0.05, 0) is 17.2 Å². The van der Waals surface area contributed by atoms with E-state index >= 15 is 0 Å². The zero-order chi connectivity index (χ0) is 21.6. The normalized spacial score (nSPS) is 13.6. The van der Waals surface area contributed by atoms with Gasteiger partial charge in [-0.2, -0.15) is 5.10 Å². The van der Waals surface area contributed by atoms with Crippen LogP contribution < -0.4 is 10.0 Å². The number of carbonyl (C=O) groups excluding carboxylic acids is 2. The molecule has 0 atom stereocenters. The number of rotatable bonds is 8. The first-order chi connectivity index (χ1) is 14.3. The first-order valence-corrected chi connectivity index (χ1v) is 11.5. The summed E-state index contributed by atoms with van der Waals surface area (Å²) in [5.41, 5.74) is 2.91. The van der Waals surface area contributed by atoms with Crippen molar-refractivity contribution in [2.75, 3.05) is 17.5 Å². The zero-order valence-electron chi connectivity index (χ0n) is 16.7. The largest absolute Gasteiger partial charge is 0.352 e. The summed E-state index contributed by atoms with van der Waals surface area (Å²) in [4.78, 5) is 24.5. The molecule has 0 bridgehead atoms. The van der Waals surface area contributed by atoms with Gasteiger partial charge in [0.25, 0.3) is 0 Å². The first-order valence-electron chi connectivity index (χ1n) is 9.57. The summed E-state index contributed by atoms with van der Waals surface area (Å²) in [6.45, 7) is 0.668. The fourth-order valence-corrected chi connectivity index (χ4v) is 3.67. The van der Waals surface area contributed by atoms with Gasteiger partial charge in [0, 0.05) is 25.8 Å². The highest BCUT2D eigenvalue weighted by molar-refractivity contribution is 7.92. The molecule has 0 saturated heterocycles. The van der Waals surface area contributed by atoms with Crippen LogP contribution in [0, 0.1) is 0 Å². The highest BCUT2D eigenvalue weighted by atomic mass is 32.2. The Morgan fingerprint density at radius 3 is 2.47 bits per heavy atom. The number of para-hydroxylation sites is 1. The van der Waals surface area contributed by atoms with Crippen molar-refractivity contribution in [2.24, 2.45) is 5.10 Å². The molecule has 1 aliphatic rings. The molecule has 0 aliphatic carbocycles. The van der Waals surface area contributed by atoms with Crippen molar-refractivity contribution in [3.63, 3.8) is 0 Å². The van der Waals surface area contributed by atoms with Crippen molar-refractivity contribution in [1.29, 1.82) is 0 Å². The average Bonchev–Trinajstić information content (AvgIpc) is 3.21. The summed E-state index contributed by atoms with van der Waals surface area (Å²) in [6.07, 6.45) is 1.85. The molecule has 2 aromatic carbocycles. The van der Waals surface area contributed by atoms with Gasteiger partial charge >= 0.3 is 0 Å². The Morgan fingerprint density at radius 1 is 1.03 bits per heavy atom. The quantitative estimate of drug-likeness (QED) is 0.671. The second-order valence-electron chi connectivity index (χ2n) is 6.99. The number of amides is 2. The summed E-state index contributed by atoms with van der Waals surface area (Å²) in [5, 5.41) is 8.52. The van der Waals surface area contributed by atoms with Gasteiger partial charge in [0.2, 0.25) is 21.8 Å². The van der Waals surface area contributed by atoms with E-state index in [2.05, 4.69) is 15.1 Å². The molecule has 0 fully saturated rings. The summed E-state index contributed by atoms with van der Waals surface area (Å²) >= 11 is 0. The zero-order valence-corrected chi connectivity index (χ0v) is 17.5. The summed E-state index contributed by atoms with van der Waals surface area (Å²) in [6, 6.07) is 16.5. The number of hydrogen-bond donors (Lipinski definition) is 2. The molecule has 30 heavy (non-hydrogen) atoms. The molecule has 158 valence electrons. The van der Waals surface area contributed by atoms with Crippen LogP contribution in [0.25, 0.3) is 0 Å². The topological polar surface area (TPSA) is 108 Å². The minimum atomic E-state index is -3.42. The monoisotopic (exact) mass is 428 g/mol. The van der Waals surface area contributed by atoms with E-state index in [4.69, 9.17) is 0 Å². The fourth-order valence-electron chi connectivity index (χ4n) is 3.08. The van der Waals surface area contributed by atoms with Crippen molar-refractivity contribution >= 4 is 33.2 Å². The molecule has 0 aromatic heterocycles. The van der Waals surface area contributed by atoms with E-state index in [1.807, 2.05) is 30.3 Å². The van der Waals surface area contributed by atoms with Crippen molar-refractivity contribution in [2.45, 2.75) is 25.8 Å². The molecule has 0 spiro atoms. The van der Waals surface area contributed by atoms with E-state index in [0.29, 0.717) is 24.2 Å². The highest BCUT2D eigenvalue weighted by Gasteiger charge is 2.22. The molecule has 1 aliphatic heterocycles. The SMILES string of the molecule is CS(=O)(=O)Nc1ccccc1CNC(=O)CCC(=O)N1CCC(c2ccccc2)=N1. The number of benzene rings is 2. The van der Waals surface area contributed by atoms with Crippen molar-refractivity contribution < 1.29 is 18.0 Å². The number of carbonyl (C=O) groups is 2. The van der Waals surface area contributed by atoms with Crippen molar-refractivity contribution in [3.05, 3.63) is 65.7 Å². The highest BCUT2D eigenvalue weighted by Crippen LogP contribution is 2.17. The lowest BCUT2D eigenvalue weighted by molar-refractivity contribution is -0.133. The van der Waals surface area contributed by atoms with Crippen molar-refractivity contribution in [1.82, 2.24) is 10.3 Å². The minimum absolute atomic E-state index is 0.0349. The van der Waals surface area contributed by atoms with Gasteiger partial charge in [-0.15, -0.1) is 0 Å². The summed E-state index contributed by atoms with van der Waals surface area (Å²) < 4.78 is 25.3. The maximum absolute atomic E-state index is 12.4. The number of nitrogens with zero attached hydrogens (tertiary/aromatic N) is 2. The van der Waals surface area contributed by atoms with Gasteiger partial charge in [0.1, 0.15) is 0 Å². The van der Waals surface area contributed by atoms with Crippen molar-refractivity contribution in [3.8, 4) is 0 Å². The lowest BCUT2D eigenvalue weighted by Crippen LogP contribution is -2.28. The average molecular weight is 429 g/mol. The second-order valence-corrected chi connectivity index (χ2v) is 8.74. The third kappa shape index (κ3) is 6.15. The standard InChI is InChI=1S/C21H24N4O4S/c1-30(28,29)24-19-10-6-5-9-17(19)15-22-20(26)11-12-21(27)25-14-13-18(23-25)16-7-3-2-4-8-16/h2-10,24H,11-15H2,1H3,(H,22,26). The lowest BCUT2D eigenvalue weighted by Gasteiger charge is -2.13. The van der Waals surface area contributed by atoms with Crippen LogP contribution >= 0.6 is 0 Å². The van der Waals surface area contributed by atoms with E-state index in [-0.39, 0.29) is 31.2 Å². The van der Waals surface area contributed by atoms with E-state index in [1.54, 1.807) is 24.3 Å². The molecule has 1 heterocycles. The Bertz CT molecular complexity index is 1050. The molecule has 2 amide bonds. The van der Waals surface area contributed by atoms with E-state index in [0.717, 1.165) is 17.5 Å². The molecule has 3 rings (SSSR count). The number of hydrogen-bond acceptors (Lipinski definition) is 5. The first kappa shape index (κ1) is 21.5.